The lowest BCUT2D eigenvalue weighted by molar-refractivity contribution is -0.145. The summed E-state index contributed by atoms with van der Waals surface area (Å²) >= 11 is 0. The van der Waals surface area contributed by atoms with E-state index in [9.17, 15) is 4.79 Å². The number of hydrogen-bond donors (Lipinski definition) is 1. The Morgan fingerprint density at radius 1 is 1.39 bits per heavy atom. The van der Waals surface area contributed by atoms with Gasteiger partial charge in [0.25, 0.3) is 0 Å². The summed E-state index contributed by atoms with van der Waals surface area (Å²) in [5, 5.41) is 3.20. The number of hydrogen-bond acceptors (Lipinski definition) is 3. The lowest BCUT2D eigenvalue weighted by Gasteiger charge is -2.09. The van der Waals surface area contributed by atoms with Gasteiger partial charge >= 0.3 is 5.97 Å². The molecule has 1 aromatic carbocycles. The second-order valence-electron chi connectivity index (χ2n) is 4.24. The van der Waals surface area contributed by atoms with Gasteiger partial charge in [-0.15, -0.1) is 0 Å². The Balaban J connectivity index is 1.90. The fourth-order valence-corrected chi connectivity index (χ4v) is 1.98. The monoisotopic (exact) mass is 243 g/mol. The molecule has 0 amide bonds. The van der Waals surface area contributed by atoms with Crippen molar-refractivity contribution in [3.63, 3.8) is 0 Å². The van der Waals surface area contributed by atoms with Crippen LogP contribution >= 0.6 is 0 Å². The average molecular weight is 243 g/mol. The molecule has 1 aliphatic rings. The summed E-state index contributed by atoms with van der Waals surface area (Å²) in [6.45, 7) is 2.25. The van der Waals surface area contributed by atoms with Gasteiger partial charge in [0.15, 0.2) is 0 Å². The van der Waals surface area contributed by atoms with Crippen molar-refractivity contribution in [3.8, 4) is 11.8 Å². The molecule has 0 unspecified atom stereocenters. The quantitative estimate of drug-likeness (QED) is 0.635. The first kappa shape index (κ1) is 12.7. The van der Waals surface area contributed by atoms with Crippen LogP contribution < -0.4 is 5.32 Å². The third kappa shape index (κ3) is 3.35. The van der Waals surface area contributed by atoms with Gasteiger partial charge in [0.05, 0.1) is 12.6 Å². The van der Waals surface area contributed by atoms with Crippen LogP contribution in [0, 0.1) is 11.8 Å². The van der Waals surface area contributed by atoms with Gasteiger partial charge in [-0.2, -0.15) is 0 Å². The average Bonchev–Trinajstić information content (AvgIpc) is 2.87. The molecule has 1 aliphatic heterocycles. The van der Waals surface area contributed by atoms with Crippen LogP contribution in [0.1, 0.15) is 25.3 Å². The molecule has 0 bridgehead atoms. The highest BCUT2D eigenvalue weighted by molar-refractivity contribution is 5.76. The number of rotatable bonds is 2. The van der Waals surface area contributed by atoms with Crippen LogP contribution in [-0.2, 0) is 9.53 Å². The maximum absolute atomic E-state index is 11.5. The molecule has 94 valence electrons. The van der Waals surface area contributed by atoms with E-state index in [4.69, 9.17) is 4.74 Å². The summed E-state index contributed by atoms with van der Waals surface area (Å²) in [7, 11) is 0. The Morgan fingerprint density at radius 3 is 2.89 bits per heavy atom. The van der Waals surface area contributed by atoms with E-state index < -0.39 is 0 Å². The summed E-state index contributed by atoms with van der Waals surface area (Å²) in [5.41, 5.74) is 0.999. The summed E-state index contributed by atoms with van der Waals surface area (Å²) in [6.07, 6.45) is 1.69. The number of benzene rings is 1. The van der Waals surface area contributed by atoms with Crippen molar-refractivity contribution in [2.24, 2.45) is 0 Å². The zero-order valence-corrected chi connectivity index (χ0v) is 10.5. The van der Waals surface area contributed by atoms with Crippen molar-refractivity contribution in [2.75, 3.05) is 6.61 Å². The Morgan fingerprint density at radius 2 is 2.17 bits per heavy atom. The van der Waals surface area contributed by atoms with E-state index in [1.54, 1.807) is 0 Å². The van der Waals surface area contributed by atoms with E-state index in [2.05, 4.69) is 17.2 Å². The highest BCUT2D eigenvalue weighted by atomic mass is 16.5. The summed E-state index contributed by atoms with van der Waals surface area (Å²) in [4.78, 5) is 11.5. The van der Waals surface area contributed by atoms with Crippen molar-refractivity contribution in [1.29, 1.82) is 0 Å². The predicted molar refractivity (Wildman–Crippen MR) is 69.9 cm³/mol. The molecule has 3 heteroatoms. The first-order valence-corrected chi connectivity index (χ1v) is 6.29. The molecule has 1 heterocycles. The molecule has 1 saturated heterocycles. The molecule has 1 fully saturated rings. The third-order valence-corrected chi connectivity index (χ3v) is 2.88. The van der Waals surface area contributed by atoms with Crippen LogP contribution in [0.5, 0.6) is 0 Å². The topological polar surface area (TPSA) is 38.3 Å². The number of carbonyl (C=O) groups excluding carboxylic acids is 1. The number of ether oxygens (including phenoxy) is 1. The molecule has 0 aromatic heterocycles. The molecule has 2 rings (SSSR count). The largest absolute Gasteiger partial charge is 0.465 e. The highest BCUT2D eigenvalue weighted by Gasteiger charge is 2.28. The second-order valence-corrected chi connectivity index (χ2v) is 4.24. The maximum atomic E-state index is 11.5. The molecular weight excluding hydrogens is 226 g/mol. The van der Waals surface area contributed by atoms with E-state index in [1.807, 2.05) is 37.3 Å². The molecule has 18 heavy (non-hydrogen) atoms. The number of carbonyl (C=O) groups is 1. The van der Waals surface area contributed by atoms with Gasteiger partial charge in [0.1, 0.15) is 6.04 Å². The standard InChI is InChI=1S/C15H17NO2/c1-2-18-15(17)14-11-10-13(16-14)9-8-12-6-4-3-5-7-12/h3-7,13-14,16H,2,10-11H2,1H3/t13-,14+/m1/s1. The van der Waals surface area contributed by atoms with Gasteiger partial charge in [-0.3, -0.25) is 10.1 Å². The molecule has 0 spiro atoms. The first-order chi connectivity index (χ1) is 8.79. The Bertz CT molecular complexity index is 458. The lowest BCUT2D eigenvalue weighted by Crippen LogP contribution is -2.36. The molecule has 1 N–H and O–H groups in total. The van der Waals surface area contributed by atoms with Crippen molar-refractivity contribution in [1.82, 2.24) is 5.32 Å². The van der Waals surface area contributed by atoms with Crippen LogP contribution in [0.2, 0.25) is 0 Å². The first-order valence-electron chi connectivity index (χ1n) is 6.29. The fraction of sp³-hybridized carbons (Fsp3) is 0.400. The van der Waals surface area contributed by atoms with Gasteiger partial charge in [-0.05, 0) is 31.9 Å². The van der Waals surface area contributed by atoms with Gasteiger partial charge in [0.2, 0.25) is 0 Å². The van der Waals surface area contributed by atoms with E-state index in [-0.39, 0.29) is 18.1 Å². The Kier molecular flexibility index (Phi) is 4.38. The molecule has 3 nitrogen and oxygen atoms in total. The molecule has 0 radical (unpaired) electrons. The zero-order chi connectivity index (χ0) is 12.8. The second kappa shape index (κ2) is 6.23. The normalized spacial score (nSPS) is 22.1. The van der Waals surface area contributed by atoms with E-state index in [1.165, 1.54) is 0 Å². The van der Waals surface area contributed by atoms with Gasteiger partial charge in [-0.1, -0.05) is 30.0 Å². The smallest absolute Gasteiger partial charge is 0.323 e. The summed E-state index contributed by atoms with van der Waals surface area (Å²) < 4.78 is 4.99. The van der Waals surface area contributed by atoms with Crippen molar-refractivity contribution >= 4 is 5.97 Å². The van der Waals surface area contributed by atoms with Gasteiger partial charge in [-0.25, -0.2) is 0 Å². The van der Waals surface area contributed by atoms with E-state index in [0.29, 0.717) is 6.61 Å². The van der Waals surface area contributed by atoms with Crippen LogP contribution in [0.4, 0.5) is 0 Å². The molecular formula is C15H17NO2. The number of nitrogens with one attached hydrogen (secondary N) is 1. The van der Waals surface area contributed by atoms with Crippen molar-refractivity contribution < 1.29 is 9.53 Å². The number of esters is 1. The Labute approximate surface area is 108 Å². The van der Waals surface area contributed by atoms with E-state index in [0.717, 1.165) is 18.4 Å². The summed E-state index contributed by atoms with van der Waals surface area (Å²) in [5.74, 6) is 6.10. The summed E-state index contributed by atoms with van der Waals surface area (Å²) in [6, 6.07) is 9.74. The minimum absolute atomic E-state index is 0.0830. The third-order valence-electron chi connectivity index (χ3n) is 2.88. The molecule has 2 atom stereocenters. The minimum Gasteiger partial charge on any atom is -0.465 e. The molecule has 0 saturated carbocycles. The van der Waals surface area contributed by atoms with E-state index >= 15 is 0 Å². The SMILES string of the molecule is CCOC(=O)[C@@H]1CC[C@@H](C#Cc2ccccc2)N1. The van der Waals surface area contributed by atoms with Gasteiger partial charge < -0.3 is 4.74 Å². The van der Waals surface area contributed by atoms with Gasteiger partial charge in [0, 0.05) is 5.56 Å². The Hall–Kier alpha value is -1.79. The van der Waals surface area contributed by atoms with Crippen LogP contribution in [0.3, 0.4) is 0 Å². The maximum Gasteiger partial charge on any atom is 0.323 e. The predicted octanol–water partition coefficient (Wildman–Crippen LogP) is 1.72. The van der Waals surface area contributed by atoms with Crippen LogP contribution in [-0.4, -0.2) is 24.7 Å². The highest BCUT2D eigenvalue weighted by Crippen LogP contribution is 2.13. The van der Waals surface area contributed by atoms with Crippen molar-refractivity contribution in [2.45, 2.75) is 31.8 Å². The minimum atomic E-state index is -0.194. The van der Waals surface area contributed by atoms with Crippen LogP contribution in [0.15, 0.2) is 30.3 Å². The van der Waals surface area contributed by atoms with Crippen molar-refractivity contribution in [3.05, 3.63) is 35.9 Å². The molecule has 0 aliphatic carbocycles. The fourth-order valence-electron chi connectivity index (χ4n) is 1.98. The van der Waals surface area contributed by atoms with Crippen LogP contribution in [0.25, 0.3) is 0 Å². The molecule has 1 aromatic rings. The lowest BCUT2D eigenvalue weighted by atomic mass is 10.2. The zero-order valence-electron chi connectivity index (χ0n) is 10.5.